The molecular weight excluding hydrogens is 514 g/mol. The van der Waals surface area contributed by atoms with Crippen LogP contribution >= 0.6 is 0 Å². The first-order valence-corrected chi connectivity index (χ1v) is 14.5. The summed E-state index contributed by atoms with van der Waals surface area (Å²) in [6, 6.07) is 41.3. The van der Waals surface area contributed by atoms with Gasteiger partial charge in [-0.15, -0.1) is 0 Å². The molecule has 0 unspecified atom stereocenters. The number of para-hydroxylation sites is 3. The third kappa shape index (κ3) is 2.58. The molecule has 3 nitrogen and oxygen atoms in total. The highest BCUT2D eigenvalue weighted by atomic mass is 16.4. The third-order valence-corrected chi connectivity index (χ3v) is 9.58. The van der Waals surface area contributed by atoms with Crippen LogP contribution in [0.3, 0.4) is 0 Å². The Morgan fingerprint density at radius 3 is 1.90 bits per heavy atom. The van der Waals surface area contributed by atoms with Crippen LogP contribution in [0.15, 0.2) is 124 Å². The van der Waals surface area contributed by atoms with E-state index in [-0.39, 0.29) is 5.41 Å². The molecule has 3 aromatic heterocycles. The van der Waals surface area contributed by atoms with Crippen molar-refractivity contribution in [3.8, 4) is 16.8 Å². The van der Waals surface area contributed by atoms with Gasteiger partial charge in [0.25, 0.3) is 0 Å². The van der Waals surface area contributed by atoms with Crippen molar-refractivity contribution in [1.29, 1.82) is 0 Å². The summed E-state index contributed by atoms with van der Waals surface area (Å²) in [6.45, 7) is 4.69. The number of hydrogen-bond acceptors (Lipinski definition) is 2. The van der Waals surface area contributed by atoms with E-state index in [1.54, 1.807) is 0 Å². The van der Waals surface area contributed by atoms with Gasteiger partial charge in [-0.05, 0) is 52.6 Å². The lowest BCUT2D eigenvalue weighted by Crippen LogP contribution is -2.15. The largest absolute Gasteiger partial charge is 0.452 e. The molecule has 6 aromatic carbocycles. The van der Waals surface area contributed by atoms with E-state index in [2.05, 4.69) is 122 Å². The first kappa shape index (κ1) is 22.4. The number of rotatable bonds is 1. The second-order valence-corrected chi connectivity index (χ2v) is 12.1. The Morgan fingerprint density at radius 2 is 1.12 bits per heavy atom. The van der Waals surface area contributed by atoms with Crippen LogP contribution in [0, 0.1) is 0 Å². The van der Waals surface area contributed by atoms with Crippen molar-refractivity contribution in [1.82, 2.24) is 4.57 Å². The molecule has 3 heteroatoms. The maximum atomic E-state index is 6.63. The number of aromatic nitrogens is 1. The summed E-state index contributed by atoms with van der Waals surface area (Å²) < 4.78 is 15.7. The molecule has 0 radical (unpaired) electrons. The van der Waals surface area contributed by atoms with E-state index in [0.29, 0.717) is 0 Å². The highest BCUT2D eigenvalue weighted by Gasteiger charge is 2.36. The lowest BCUT2D eigenvalue weighted by molar-refractivity contribution is 0.633. The number of fused-ring (bicyclic) bond motifs is 15. The molecule has 0 fully saturated rings. The third-order valence-electron chi connectivity index (χ3n) is 9.58. The van der Waals surface area contributed by atoms with E-state index in [1.165, 1.54) is 38.5 Å². The van der Waals surface area contributed by atoms with E-state index in [1.807, 2.05) is 12.1 Å². The summed E-state index contributed by atoms with van der Waals surface area (Å²) in [5.41, 5.74) is 12.1. The maximum Gasteiger partial charge on any atom is 0.180 e. The Labute approximate surface area is 241 Å². The second-order valence-electron chi connectivity index (χ2n) is 12.1. The first-order valence-electron chi connectivity index (χ1n) is 14.5. The van der Waals surface area contributed by atoms with Gasteiger partial charge in [-0.1, -0.05) is 98.8 Å². The minimum Gasteiger partial charge on any atom is -0.452 e. The zero-order valence-corrected chi connectivity index (χ0v) is 23.2. The molecule has 198 valence electrons. The van der Waals surface area contributed by atoms with E-state index >= 15 is 0 Å². The molecule has 0 spiro atoms. The summed E-state index contributed by atoms with van der Waals surface area (Å²) in [6.07, 6.45) is 0. The van der Waals surface area contributed by atoms with Gasteiger partial charge in [0.1, 0.15) is 11.2 Å². The fraction of sp³-hybridized carbons (Fsp3) is 0.0769. The predicted octanol–water partition coefficient (Wildman–Crippen LogP) is 10.9. The smallest absolute Gasteiger partial charge is 0.180 e. The first-order chi connectivity index (χ1) is 20.6. The number of furan rings is 2. The molecule has 10 rings (SSSR count). The van der Waals surface area contributed by atoms with Crippen molar-refractivity contribution in [2.24, 2.45) is 0 Å². The molecule has 0 bridgehead atoms. The Morgan fingerprint density at radius 1 is 0.524 bits per heavy atom. The highest BCUT2D eigenvalue weighted by Crippen LogP contribution is 2.51. The van der Waals surface area contributed by atoms with Gasteiger partial charge in [-0.2, -0.15) is 0 Å². The van der Waals surface area contributed by atoms with Gasteiger partial charge in [-0.3, -0.25) is 0 Å². The Balaban J connectivity index is 1.45. The van der Waals surface area contributed by atoms with Crippen molar-refractivity contribution in [3.05, 3.63) is 126 Å². The summed E-state index contributed by atoms with van der Waals surface area (Å²) in [4.78, 5) is 0. The number of nitrogens with zero attached hydrogens (tertiary/aromatic N) is 1. The van der Waals surface area contributed by atoms with E-state index in [9.17, 15) is 0 Å². The highest BCUT2D eigenvalue weighted by molar-refractivity contribution is 6.38. The monoisotopic (exact) mass is 539 g/mol. The molecule has 0 N–H and O–H groups in total. The van der Waals surface area contributed by atoms with Crippen molar-refractivity contribution < 1.29 is 8.83 Å². The number of benzene rings is 6. The summed E-state index contributed by atoms with van der Waals surface area (Å²) in [5, 5.41) is 6.81. The topological polar surface area (TPSA) is 31.2 Å². The van der Waals surface area contributed by atoms with E-state index in [4.69, 9.17) is 8.83 Å². The van der Waals surface area contributed by atoms with E-state index < -0.39 is 0 Å². The van der Waals surface area contributed by atoms with Crippen LogP contribution in [0.4, 0.5) is 0 Å². The lowest BCUT2D eigenvalue weighted by Gasteiger charge is -2.22. The Bertz CT molecular complexity index is 2610. The molecule has 9 aromatic rings. The van der Waals surface area contributed by atoms with Crippen molar-refractivity contribution in [2.75, 3.05) is 0 Å². The molecule has 0 amide bonds. The van der Waals surface area contributed by atoms with Gasteiger partial charge in [0, 0.05) is 38.0 Å². The Kier molecular flexibility index (Phi) is 4.01. The normalized spacial score (nSPS) is 14.1. The van der Waals surface area contributed by atoms with Crippen LogP contribution in [0.2, 0.25) is 0 Å². The molecule has 3 heterocycles. The summed E-state index contributed by atoms with van der Waals surface area (Å²) >= 11 is 0. The van der Waals surface area contributed by atoms with Gasteiger partial charge in [0.05, 0.1) is 16.4 Å². The van der Waals surface area contributed by atoms with Gasteiger partial charge in [0.2, 0.25) is 0 Å². The van der Waals surface area contributed by atoms with Crippen LogP contribution in [0.5, 0.6) is 0 Å². The molecule has 0 atom stereocenters. The number of hydrogen-bond donors (Lipinski definition) is 0. The Hall–Kier alpha value is -5.28. The lowest BCUT2D eigenvalue weighted by atomic mass is 9.82. The average molecular weight is 540 g/mol. The molecule has 1 aliphatic rings. The zero-order chi connectivity index (χ0) is 27.7. The standard InChI is InChI=1S/C39H25NO2/c1-39(2)28-15-7-3-11-23(28)24-20-19-22(21-29(24)39)40-30-16-8-4-12-25(30)33-34-26-13-5-9-17-31(26)41-37(34)38-35(36(33)40)27-14-6-10-18-32(27)42-38/h3-21H,1-2H3. The quantitative estimate of drug-likeness (QED) is 0.208. The molecule has 1 aliphatic carbocycles. The summed E-state index contributed by atoms with van der Waals surface area (Å²) in [5.74, 6) is 0. The van der Waals surface area contributed by atoms with Gasteiger partial charge >= 0.3 is 0 Å². The van der Waals surface area contributed by atoms with Crippen molar-refractivity contribution in [2.45, 2.75) is 19.3 Å². The predicted molar refractivity (Wildman–Crippen MR) is 173 cm³/mol. The molecular formula is C39H25NO2. The fourth-order valence-corrected chi connectivity index (χ4v) is 7.72. The van der Waals surface area contributed by atoms with Gasteiger partial charge < -0.3 is 13.4 Å². The molecule has 42 heavy (non-hydrogen) atoms. The summed E-state index contributed by atoms with van der Waals surface area (Å²) in [7, 11) is 0. The van der Waals surface area contributed by atoms with Crippen LogP contribution in [0.1, 0.15) is 25.0 Å². The van der Waals surface area contributed by atoms with Crippen LogP contribution < -0.4 is 0 Å². The molecule has 0 saturated carbocycles. The molecule has 0 saturated heterocycles. The van der Waals surface area contributed by atoms with Gasteiger partial charge in [0.15, 0.2) is 11.2 Å². The fourth-order valence-electron chi connectivity index (χ4n) is 7.72. The van der Waals surface area contributed by atoms with Gasteiger partial charge in [-0.25, -0.2) is 0 Å². The SMILES string of the molecule is CC1(C)c2ccccc2-c2ccc(-n3c4ccccc4c4c5c6ccccc6oc5c5oc6ccccc6c5c43)cc21. The maximum absolute atomic E-state index is 6.63. The molecule has 0 aliphatic heterocycles. The van der Waals surface area contributed by atoms with Crippen LogP contribution in [0.25, 0.3) is 82.5 Å². The van der Waals surface area contributed by atoms with Crippen molar-refractivity contribution >= 4 is 65.7 Å². The van der Waals surface area contributed by atoms with Crippen LogP contribution in [-0.2, 0) is 5.41 Å². The minimum absolute atomic E-state index is 0.0909. The van der Waals surface area contributed by atoms with E-state index in [0.717, 1.165) is 55.1 Å². The zero-order valence-electron chi connectivity index (χ0n) is 23.2. The average Bonchev–Trinajstić information content (AvgIpc) is 3.74. The van der Waals surface area contributed by atoms with Crippen molar-refractivity contribution in [3.63, 3.8) is 0 Å². The minimum atomic E-state index is -0.0909. The van der Waals surface area contributed by atoms with Crippen LogP contribution in [-0.4, -0.2) is 4.57 Å². The second kappa shape index (κ2) is 7.51.